The number of carbonyl (C=O) groups is 2. The van der Waals surface area contributed by atoms with E-state index in [4.69, 9.17) is 5.11 Å². The number of para-hydroxylation sites is 1. The van der Waals surface area contributed by atoms with Gasteiger partial charge in [-0.25, -0.2) is 4.79 Å². The molecule has 1 heterocycles. The quantitative estimate of drug-likeness (QED) is 0.726. The molecule has 132 valence electrons. The maximum Gasteiger partial charge on any atom is 0.335 e. The van der Waals surface area contributed by atoms with Crippen molar-refractivity contribution >= 4 is 29.2 Å². The van der Waals surface area contributed by atoms with Crippen LogP contribution in [0.4, 0.5) is 5.69 Å². The van der Waals surface area contributed by atoms with Gasteiger partial charge in [-0.05, 0) is 42.7 Å². The van der Waals surface area contributed by atoms with Crippen molar-refractivity contribution in [3.8, 4) is 0 Å². The van der Waals surface area contributed by atoms with Gasteiger partial charge in [0.25, 0.3) is 5.91 Å². The number of rotatable bonds is 4. The Morgan fingerprint density at radius 1 is 1.16 bits per heavy atom. The fourth-order valence-corrected chi connectivity index (χ4v) is 2.80. The lowest BCUT2D eigenvalue weighted by atomic mass is 10.0. The minimum atomic E-state index is -0.959. The van der Waals surface area contributed by atoms with Gasteiger partial charge < -0.3 is 15.7 Å². The van der Waals surface area contributed by atoms with Crippen molar-refractivity contribution in [2.75, 3.05) is 18.2 Å². The zero-order chi connectivity index (χ0) is 18.4. The van der Waals surface area contributed by atoms with Crippen molar-refractivity contribution in [1.82, 2.24) is 5.32 Å². The number of nitrogens with one attached hydrogen (secondary N) is 2. The highest BCUT2D eigenvalue weighted by atomic mass is 35.5. The predicted octanol–water partition coefficient (Wildman–Crippen LogP) is 3.70. The zero-order valence-corrected chi connectivity index (χ0v) is 14.9. The first-order valence-electron chi connectivity index (χ1n) is 7.94. The summed E-state index contributed by atoms with van der Waals surface area (Å²) < 4.78 is 0. The molecule has 5 nitrogen and oxygen atoms in total. The number of hydrogen-bond acceptors (Lipinski definition) is 3. The van der Waals surface area contributed by atoms with E-state index in [1.807, 2.05) is 25.1 Å². The molecule has 0 saturated carbocycles. The molecule has 3 rings (SSSR count). The molecule has 0 fully saturated rings. The lowest BCUT2D eigenvalue weighted by Gasteiger charge is -2.16. The molecule has 0 saturated heterocycles. The number of benzene rings is 2. The third kappa shape index (κ3) is 4.31. The lowest BCUT2D eigenvalue weighted by Crippen LogP contribution is -2.27. The summed E-state index contributed by atoms with van der Waals surface area (Å²) in [6.45, 7) is 2.73. The molecule has 0 bridgehead atoms. The largest absolute Gasteiger partial charge is 0.478 e. The monoisotopic (exact) mass is 360 g/mol. The summed E-state index contributed by atoms with van der Waals surface area (Å²) in [5.74, 6) is -1.09. The van der Waals surface area contributed by atoms with Gasteiger partial charge in [0.1, 0.15) is 0 Å². The molecule has 0 radical (unpaired) electrons. The number of carboxylic acid groups (broad SMARTS) is 1. The molecule has 2 aromatic rings. The molecule has 25 heavy (non-hydrogen) atoms. The van der Waals surface area contributed by atoms with Crippen LogP contribution in [0.5, 0.6) is 0 Å². The van der Waals surface area contributed by atoms with Crippen molar-refractivity contribution in [3.63, 3.8) is 0 Å². The second-order valence-corrected chi connectivity index (χ2v) is 5.64. The summed E-state index contributed by atoms with van der Waals surface area (Å²) in [6.07, 6.45) is 2.41. The molecule has 1 atom stereocenters. The van der Waals surface area contributed by atoms with Gasteiger partial charge in [0.2, 0.25) is 0 Å². The van der Waals surface area contributed by atoms with E-state index in [-0.39, 0.29) is 17.5 Å². The van der Waals surface area contributed by atoms with E-state index in [1.165, 1.54) is 6.38 Å². The smallest absolute Gasteiger partial charge is 0.335 e. The number of carbonyl (C=O) groups excluding carboxylic acids is 1. The van der Waals surface area contributed by atoms with Crippen molar-refractivity contribution in [1.29, 1.82) is 0 Å². The predicted molar refractivity (Wildman–Crippen MR) is 99.7 cm³/mol. The molecular weight excluding hydrogens is 340 g/mol. The molecule has 0 unspecified atom stereocenters. The third-order valence-corrected chi connectivity index (χ3v) is 4.10. The van der Waals surface area contributed by atoms with Crippen molar-refractivity contribution in [2.45, 2.75) is 19.4 Å². The first-order valence-corrected chi connectivity index (χ1v) is 8.69. The van der Waals surface area contributed by atoms with Gasteiger partial charge in [-0.3, -0.25) is 4.79 Å². The number of carboxylic acids is 1. The fraction of sp³-hybridized carbons (Fsp3) is 0.263. The number of amides is 1. The van der Waals surface area contributed by atoms with Crippen LogP contribution in [0.3, 0.4) is 0 Å². The van der Waals surface area contributed by atoms with Gasteiger partial charge in [-0.15, -0.1) is 11.6 Å². The number of hydrogen-bond donors (Lipinski definition) is 3. The Balaban J connectivity index is 0.00000109. The van der Waals surface area contributed by atoms with Crippen LogP contribution in [0.1, 0.15) is 44.8 Å². The normalized spacial score (nSPS) is 12.9. The van der Waals surface area contributed by atoms with E-state index in [0.717, 1.165) is 29.8 Å². The number of alkyl halides is 1. The van der Waals surface area contributed by atoms with Crippen LogP contribution in [0.25, 0.3) is 0 Å². The van der Waals surface area contributed by atoms with Crippen LogP contribution in [0.2, 0.25) is 0 Å². The second-order valence-electron chi connectivity index (χ2n) is 5.64. The Morgan fingerprint density at radius 2 is 1.84 bits per heavy atom. The Hall–Kier alpha value is -2.53. The average Bonchev–Trinajstić information content (AvgIpc) is 3.12. The van der Waals surface area contributed by atoms with Gasteiger partial charge in [-0.1, -0.05) is 24.3 Å². The molecule has 0 aliphatic carbocycles. The number of aromatic carboxylic acids is 1. The molecule has 1 aliphatic heterocycles. The van der Waals surface area contributed by atoms with Crippen LogP contribution in [-0.2, 0) is 6.42 Å². The Morgan fingerprint density at radius 3 is 2.48 bits per heavy atom. The summed E-state index contributed by atoms with van der Waals surface area (Å²) in [4.78, 5) is 23.4. The molecule has 3 N–H and O–H groups in total. The summed E-state index contributed by atoms with van der Waals surface area (Å²) in [5, 5.41) is 15.1. The van der Waals surface area contributed by atoms with Gasteiger partial charge in [0.15, 0.2) is 0 Å². The third-order valence-electron chi connectivity index (χ3n) is 4.10. The van der Waals surface area contributed by atoms with E-state index >= 15 is 0 Å². The molecule has 2 aromatic carbocycles. The average molecular weight is 361 g/mol. The summed E-state index contributed by atoms with van der Waals surface area (Å²) in [6, 6.07) is 12.1. The molecule has 0 spiro atoms. The Bertz CT molecular complexity index is 760. The highest BCUT2D eigenvalue weighted by Gasteiger charge is 2.20. The second kappa shape index (κ2) is 8.53. The highest BCUT2D eigenvalue weighted by molar-refractivity contribution is 6.15. The molecular formula is C19H21ClN2O3. The van der Waals surface area contributed by atoms with Crippen molar-refractivity contribution < 1.29 is 14.7 Å². The lowest BCUT2D eigenvalue weighted by molar-refractivity contribution is 0.0696. The summed E-state index contributed by atoms with van der Waals surface area (Å²) in [7, 11) is 0. The van der Waals surface area contributed by atoms with E-state index in [2.05, 4.69) is 22.2 Å². The Kier molecular flexibility index (Phi) is 6.42. The van der Waals surface area contributed by atoms with E-state index in [9.17, 15) is 9.59 Å². The van der Waals surface area contributed by atoms with Gasteiger partial charge in [0.05, 0.1) is 22.9 Å². The van der Waals surface area contributed by atoms with Crippen LogP contribution >= 0.6 is 11.6 Å². The van der Waals surface area contributed by atoms with Crippen molar-refractivity contribution in [2.24, 2.45) is 0 Å². The molecule has 1 aliphatic rings. The van der Waals surface area contributed by atoms with E-state index in [1.54, 1.807) is 24.3 Å². The standard InChI is InChI=1S/C18H18N2O3.CH3Cl/c1-11(12-5-7-14(8-6-12)18(22)23)20-17(21)15-4-2-3-13-9-10-19-16(13)15;1-2/h2-8,11,19H,9-10H2,1H3,(H,20,21)(H,22,23);1H3/t11-;/m0./s1. The number of anilines is 1. The highest BCUT2D eigenvalue weighted by Crippen LogP contribution is 2.27. The van der Waals surface area contributed by atoms with E-state index < -0.39 is 5.97 Å². The maximum atomic E-state index is 12.5. The minimum absolute atomic E-state index is 0.133. The summed E-state index contributed by atoms with van der Waals surface area (Å²) >= 11 is 4.64. The van der Waals surface area contributed by atoms with Gasteiger partial charge in [-0.2, -0.15) is 0 Å². The molecule has 1 amide bonds. The SMILES string of the molecule is CCl.C[C@H](NC(=O)c1cccc2c1NCC2)c1ccc(C(=O)O)cc1. The number of fused-ring (bicyclic) bond motifs is 1. The molecule has 6 heteroatoms. The minimum Gasteiger partial charge on any atom is -0.478 e. The fourth-order valence-electron chi connectivity index (χ4n) is 2.80. The van der Waals surface area contributed by atoms with Crippen LogP contribution < -0.4 is 10.6 Å². The first-order chi connectivity index (χ1) is 12.1. The number of halogens is 1. The molecule has 0 aromatic heterocycles. The summed E-state index contributed by atoms with van der Waals surface area (Å²) in [5.41, 5.74) is 3.82. The van der Waals surface area contributed by atoms with Crippen molar-refractivity contribution in [3.05, 3.63) is 64.7 Å². The van der Waals surface area contributed by atoms with Gasteiger partial charge >= 0.3 is 5.97 Å². The van der Waals surface area contributed by atoms with E-state index in [0.29, 0.717) is 5.56 Å². The van der Waals surface area contributed by atoms with Crippen LogP contribution in [0.15, 0.2) is 42.5 Å². The Labute approximate surface area is 152 Å². The van der Waals surface area contributed by atoms with Gasteiger partial charge in [0, 0.05) is 12.9 Å². The maximum absolute atomic E-state index is 12.5. The zero-order valence-electron chi connectivity index (χ0n) is 14.2. The van der Waals surface area contributed by atoms with Crippen LogP contribution in [0, 0.1) is 0 Å². The topological polar surface area (TPSA) is 78.4 Å². The van der Waals surface area contributed by atoms with Crippen LogP contribution in [-0.4, -0.2) is 29.9 Å². The first kappa shape index (κ1) is 18.8.